The van der Waals surface area contributed by atoms with Crippen molar-refractivity contribution in [2.45, 2.75) is 12.8 Å². The van der Waals surface area contributed by atoms with E-state index in [-0.39, 0.29) is 0 Å². The molecule has 78 valence electrons. The lowest BCUT2D eigenvalue weighted by Gasteiger charge is -2.07. The standard InChI is InChI=1S/C11H10ClNO2/c12-10-4-3-5-11(9(10)8-14)15-7-2-1-6-13/h3-5,8H,1-2,7H2. The number of halogens is 1. The summed E-state index contributed by atoms with van der Waals surface area (Å²) in [5.74, 6) is 0.468. The van der Waals surface area contributed by atoms with Gasteiger partial charge in [-0.15, -0.1) is 0 Å². The number of carbonyl (C=O) groups is 1. The molecule has 0 atom stereocenters. The van der Waals surface area contributed by atoms with E-state index in [0.29, 0.717) is 42.1 Å². The summed E-state index contributed by atoms with van der Waals surface area (Å²) in [6.07, 6.45) is 1.75. The number of benzene rings is 1. The molecule has 0 radical (unpaired) electrons. The topological polar surface area (TPSA) is 50.1 Å². The van der Waals surface area contributed by atoms with E-state index in [2.05, 4.69) is 0 Å². The lowest BCUT2D eigenvalue weighted by atomic mass is 10.2. The zero-order valence-electron chi connectivity index (χ0n) is 8.07. The predicted molar refractivity (Wildman–Crippen MR) is 57.2 cm³/mol. The first-order valence-corrected chi connectivity index (χ1v) is 4.91. The number of carbonyl (C=O) groups excluding carboxylic acids is 1. The van der Waals surface area contributed by atoms with Crippen molar-refractivity contribution in [3.63, 3.8) is 0 Å². The summed E-state index contributed by atoms with van der Waals surface area (Å²) in [6, 6.07) is 7.05. The number of rotatable bonds is 5. The second kappa shape index (κ2) is 6.05. The van der Waals surface area contributed by atoms with Crippen molar-refractivity contribution < 1.29 is 9.53 Å². The van der Waals surface area contributed by atoms with Gasteiger partial charge in [0.2, 0.25) is 0 Å². The van der Waals surface area contributed by atoms with Crippen LogP contribution in [0, 0.1) is 11.3 Å². The fraction of sp³-hybridized carbons (Fsp3) is 0.273. The van der Waals surface area contributed by atoms with E-state index in [1.807, 2.05) is 6.07 Å². The number of hydrogen-bond acceptors (Lipinski definition) is 3. The van der Waals surface area contributed by atoms with Gasteiger partial charge in [0.1, 0.15) is 5.75 Å². The zero-order chi connectivity index (χ0) is 11.1. The van der Waals surface area contributed by atoms with E-state index in [0.717, 1.165) is 0 Å². The maximum absolute atomic E-state index is 10.7. The van der Waals surface area contributed by atoms with E-state index >= 15 is 0 Å². The first-order chi connectivity index (χ1) is 7.29. The number of ether oxygens (including phenoxy) is 1. The molecule has 1 aromatic carbocycles. The molecule has 0 aliphatic carbocycles. The number of hydrogen-bond donors (Lipinski definition) is 0. The van der Waals surface area contributed by atoms with Crippen molar-refractivity contribution in [3.05, 3.63) is 28.8 Å². The first-order valence-electron chi connectivity index (χ1n) is 4.53. The lowest BCUT2D eigenvalue weighted by Crippen LogP contribution is -1.99. The van der Waals surface area contributed by atoms with Crippen molar-refractivity contribution in [2.24, 2.45) is 0 Å². The Bertz CT molecular complexity index is 385. The van der Waals surface area contributed by atoms with Crippen molar-refractivity contribution >= 4 is 17.9 Å². The molecule has 0 fully saturated rings. The molecule has 0 amide bonds. The monoisotopic (exact) mass is 223 g/mol. The molecule has 1 rings (SSSR count). The minimum Gasteiger partial charge on any atom is -0.493 e. The Morgan fingerprint density at radius 2 is 2.33 bits per heavy atom. The minimum absolute atomic E-state index is 0.358. The molecule has 3 nitrogen and oxygen atoms in total. The number of nitriles is 1. The van der Waals surface area contributed by atoms with E-state index in [9.17, 15) is 4.79 Å². The summed E-state index contributed by atoms with van der Waals surface area (Å²) in [6.45, 7) is 0.411. The van der Waals surface area contributed by atoms with Crippen molar-refractivity contribution in [3.8, 4) is 11.8 Å². The highest BCUT2D eigenvalue weighted by molar-refractivity contribution is 6.33. The number of unbranched alkanes of at least 4 members (excludes halogenated alkanes) is 1. The van der Waals surface area contributed by atoms with Gasteiger partial charge in [-0.05, 0) is 18.6 Å². The SMILES string of the molecule is N#CCCCOc1cccc(Cl)c1C=O. The van der Waals surface area contributed by atoms with Crippen LogP contribution in [0.2, 0.25) is 5.02 Å². The van der Waals surface area contributed by atoms with Gasteiger partial charge in [-0.1, -0.05) is 17.7 Å². The summed E-state index contributed by atoms with van der Waals surface area (Å²) in [4.78, 5) is 10.7. The largest absolute Gasteiger partial charge is 0.493 e. The van der Waals surface area contributed by atoms with Gasteiger partial charge in [0.05, 0.1) is 23.3 Å². The molecule has 0 aromatic heterocycles. The Hall–Kier alpha value is -1.53. The van der Waals surface area contributed by atoms with Crippen LogP contribution < -0.4 is 4.74 Å². The van der Waals surface area contributed by atoms with Crippen LogP contribution in [0.3, 0.4) is 0 Å². The van der Waals surface area contributed by atoms with Crippen LogP contribution in [-0.2, 0) is 0 Å². The van der Waals surface area contributed by atoms with Gasteiger partial charge >= 0.3 is 0 Å². The first kappa shape index (κ1) is 11.5. The fourth-order valence-corrected chi connectivity index (χ4v) is 1.30. The Balaban J connectivity index is 2.65. The van der Waals surface area contributed by atoms with Gasteiger partial charge in [-0.3, -0.25) is 4.79 Å². The van der Waals surface area contributed by atoms with E-state index in [1.165, 1.54) is 0 Å². The summed E-state index contributed by atoms with van der Waals surface area (Å²) >= 11 is 5.81. The molecule has 0 aliphatic rings. The summed E-state index contributed by atoms with van der Waals surface area (Å²) < 4.78 is 5.34. The Kier molecular flexibility index (Phi) is 4.65. The quantitative estimate of drug-likeness (QED) is 0.570. The van der Waals surface area contributed by atoms with Crippen molar-refractivity contribution in [1.29, 1.82) is 5.26 Å². The molecule has 0 N–H and O–H groups in total. The molecule has 15 heavy (non-hydrogen) atoms. The Morgan fingerprint density at radius 1 is 1.53 bits per heavy atom. The average Bonchev–Trinajstić information content (AvgIpc) is 2.24. The third kappa shape index (κ3) is 3.26. The van der Waals surface area contributed by atoms with Crippen LogP contribution in [0.1, 0.15) is 23.2 Å². The van der Waals surface area contributed by atoms with Gasteiger partial charge in [-0.25, -0.2) is 0 Å². The van der Waals surface area contributed by atoms with Crippen LogP contribution >= 0.6 is 11.6 Å². The number of nitrogens with zero attached hydrogens (tertiary/aromatic N) is 1. The molecule has 0 aliphatic heterocycles. The molecular formula is C11H10ClNO2. The van der Waals surface area contributed by atoms with E-state index in [4.69, 9.17) is 21.6 Å². The third-order valence-corrected chi connectivity index (χ3v) is 2.15. The predicted octanol–water partition coefficient (Wildman–Crippen LogP) is 2.84. The summed E-state index contributed by atoms with van der Waals surface area (Å²) in [5, 5.41) is 8.70. The molecule has 0 bridgehead atoms. The third-order valence-electron chi connectivity index (χ3n) is 1.82. The fourth-order valence-electron chi connectivity index (χ4n) is 1.09. The number of aldehydes is 1. The van der Waals surface area contributed by atoms with Gasteiger partial charge in [0.15, 0.2) is 6.29 Å². The highest BCUT2D eigenvalue weighted by Gasteiger charge is 2.06. The Labute approximate surface area is 93.2 Å². The molecule has 4 heteroatoms. The molecule has 0 spiro atoms. The summed E-state index contributed by atoms with van der Waals surface area (Å²) in [5.41, 5.74) is 0.358. The Morgan fingerprint density at radius 3 is 3.00 bits per heavy atom. The zero-order valence-corrected chi connectivity index (χ0v) is 8.83. The highest BCUT2D eigenvalue weighted by Crippen LogP contribution is 2.24. The van der Waals surface area contributed by atoms with Crippen molar-refractivity contribution in [1.82, 2.24) is 0 Å². The highest BCUT2D eigenvalue weighted by atomic mass is 35.5. The maximum Gasteiger partial charge on any atom is 0.155 e. The van der Waals surface area contributed by atoms with Gasteiger partial charge in [-0.2, -0.15) is 5.26 Å². The van der Waals surface area contributed by atoms with Crippen LogP contribution in [-0.4, -0.2) is 12.9 Å². The lowest BCUT2D eigenvalue weighted by molar-refractivity contribution is 0.111. The molecule has 0 saturated carbocycles. The van der Waals surface area contributed by atoms with Crippen molar-refractivity contribution in [2.75, 3.05) is 6.61 Å². The normalized spacial score (nSPS) is 9.33. The minimum atomic E-state index is 0.358. The maximum atomic E-state index is 10.7. The van der Waals surface area contributed by atoms with Crippen LogP contribution in [0.4, 0.5) is 0 Å². The van der Waals surface area contributed by atoms with Gasteiger partial charge < -0.3 is 4.74 Å². The molecule has 0 unspecified atom stereocenters. The molecule has 0 saturated heterocycles. The smallest absolute Gasteiger partial charge is 0.155 e. The average molecular weight is 224 g/mol. The van der Waals surface area contributed by atoms with E-state index < -0.39 is 0 Å². The molecular weight excluding hydrogens is 214 g/mol. The second-order valence-electron chi connectivity index (χ2n) is 2.88. The van der Waals surface area contributed by atoms with Crippen LogP contribution in [0.25, 0.3) is 0 Å². The van der Waals surface area contributed by atoms with Crippen LogP contribution in [0.15, 0.2) is 18.2 Å². The molecule has 1 aromatic rings. The van der Waals surface area contributed by atoms with Crippen LogP contribution in [0.5, 0.6) is 5.75 Å². The second-order valence-corrected chi connectivity index (χ2v) is 3.29. The molecule has 0 heterocycles. The van der Waals surface area contributed by atoms with E-state index in [1.54, 1.807) is 18.2 Å². The van der Waals surface area contributed by atoms with Gasteiger partial charge in [0, 0.05) is 6.42 Å². The summed E-state index contributed by atoms with van der Waals surface area (Å²) in [7, 11) is 0. The van der Waals surface area contributed by atoms with Gasteiger partial charge in [0.25, 0.3) is 0 Å².